The fourth-order valence-electron chi connectivity index (χ4n) is 6.01. The third-order valence-corrected chi connectivity index (χ3v) is 8.47. The molecule has 2 atom stereocenters. The molecule has 3 N–H and O–H groups in total. The number of ether oxygens (including phenoxy) is 3. The van der Waals surface area contributed by atoms with Crippen molar-refractivity contribution in [3.63, 3.8) is 0 Å². The molecule has 1 aromatic rings. The number of benzene rings is 1. The highest BCUT2D eigenvalue weighted by atomic mass is 35.5. The zero-order valence-corrected chi connectivity index (χ0v) is 21.6. The van der Waals surface area contributed by atoms with Gasteiger partial charge >= 0.3 is 6.36 Å². The number of nitrogens with zero attached hydrogens (tertiary/aromatic N) is 1. The summed E-state index contributed by atoms with van der Waals surface area (Å²) in [7, 11) is 1.85. The maximum Gasteiger partial charge on any atom is 0.522 e. The molecular weight excluding hydrogens is 531 g/mol. The lowest BCUT2D eigenvalue weighted by atomic mass is 9.60. The summed E-state index contributed by atoms with van der Waals surface area (Å²) >= 11 is 6.07. The van der Waals surface area contributed by atoms with Crippen LogP contribution < -0.4 is 20.3 Å². The van der Waals surface area contributed by atoms with Crippen LogP contribution in [-0.4, -0.2) is 79.0 Å². The number of halogens is 4. The van der Waals surface area contributed by atoms with Crippen molar-refractivity contribution in [2.75, 3.05) is 25.1 Å². The maximum absolute atomic E-state index is 13.2. The lowest BCUT2D eigenvalue weighted by molar-refractivity contribution is -0.357. The summed E-state index contributed by atoms with van der Waals surface area (Å²) in [5, 5.41) is 17.6. The van der Waals surface area contributed by atoms with E-state index in [-0.39, 0.29) is 37.7 Å². The fourth-order valence-corrected chi connectivity index (χ4v) is 6.18. The molecule has 6 rings (SSSR count). The first-order valence-corrected chi connectivity index (χ1v) is 13.1. The smallest absolute Gasteiger partial charge is 0.477 e. The van der Waals surface area contributed by atoms with Gasteiger partial charge in [-0.05, 0) is 50.3 Å². The summed E-state index contributed by atoms with van der Waals surface area (Å²) in [5.74, 6) is -0.132. The average molecular weight is 562 g/mol. The predicted molar refractivity (Wildman–Crippen MR) is 130 cm³/mol. The van der Waals surface area contributed by atoms with Gasteiger partial charge in [0.25, 0.3) is 5.91 Å². The molecule has 2 amide bonds. The van der Waals surface area contributed by atoms with Gasteiger partial charge in [0.15, 0.2) is 6.10 Å². The molecule has 1 unspecified atom stereocenters. The number of carbonyl (C=O) groups excluding carboxylic acids is 2. The van der Waals surface area contributed by atoms with Crippen LogP contribution in [-0.2, 0) is 19.1 Å². The minimum absolute atomic E-state index is 0.0820. The number of anilines is 1. The molecule has 0 radical (unpaired) electrons. The van der Waals surface area contributed by atoms with Crippen molar-refractivity contribution in [1.82, 2.24) is 10.6 Å². The van der Waals surface area contributed by atoms with Gasteiger partial charge in [0.05, 0.1) is 36.1 Å². The van der Waals surface area contributed by atoms with Crippen molar-refractivity contribution < 1.29 is 42.1 Å². The van der Waals surface area contributed by atoms with E-state index in [2.05, 4.69) is 15.4 Å². The van der Waals surface area contributed by atoms with Crippen LogP contribution >= 0.6 is 11.6 Å². The molecule has 5 aliphatic rings. The zero-order chi connectivity index (χ0) is 27.3. The molecule has 13 heteroatoms. The number of fused-ring (bicyclic) bond motifs is 4. The number of aliphatic hydroxyl groups is 1. The van der Waals surface area contributed by atoms with E-state index in [1.165, 1.54) is 0 Å². The van der Waals surface area contributed by atoms with Gasteiger partial charge in [-0.15, -0.1) is 13.2 Å². The van der Waals surface area contributed by atoms with E-state index in [1.54, 1.807) is 18.2 Å². The molecule has 9 nitrogen and oxygen atoms in total. The largest absolute Gasteiger partial charge is 0.522 e. The molecule has 0 saturated heterocycles. The van der Waals surface area contributed by atoms with E-state index in [1.807, 2.05) is 11.9 Å². The lowest BCUT2D eigenvalue weighted by Crippen LogP contribution is -2.71. The van der Waals surface area contributed by atoms with Gasteiger partial charge in [0.2, 0.25) is 5.91 Å². The molecule has 4 saturated carbocycles. The van der Waals surface area contributed by atoms with Crippen molar-refractivity contribution in [1.29, 1.82) is 0 Å². The van der Waals surface area contributed by atoms with Gasteiger partial charge in [-0.3, -0.25) is 14.3 Å². The van der Waals surface area contributed by atoms with Gasteiger partial charge < -0.3 is 30.1 Å². The van der Waals surface area contributed by atoms with Crippen LogP contribution in [0.2, 0.25) is 5.02 Å². The SMILES string of the molecule is CN1CC(C(=O)NC23CCC(NC(=O)CO[C@H]4C[C@@H](OC(F)(F)F)C4)(CC2)C[C@@H]3O)Oc2ccc(Cl)cc21. The van der Waals surface area contributed by atoms with E-state index < -0.39 is 41.9 Å². The average Bonchev–Trinajstić information content (AvgIpc) is 2.81. The molecule has 1 aromatic carbocycles. The Morgan fingerprint density at radius 3 is 2.55 bits per heavy atom. The summed E-state index contributed by atoms with van der Waals surface area (Å²) in [6.07, 6.45) is -5.17. The van der Waals surface area contributed by atoms with Gasteiger partial charge in [0, 0.05) is 30.5 Å². The topological polar surface area (TPSA) is 109 Å². The second-order valence-corrected chi connectivity index (χ2v) is 11.3. The Bertz CT molecular complexity index is 1070. The van der Waals surface area contributed by atoms with Crippen LogP contribution in [0, 0.1) is 0 Å². The van der Waals surface area contributed by atoms with Gasteiger partial charge in [0.1, 0.15) is 12.4 Å². The number of likely N-dealkylation sites (N-methyl/N-ethyl adjacent to an activating group) is 1. The van der Waals surface area contributed by atoms with Crippen LogP contribution in [0.1, 0.15) is 44.9 Å². The number of carbonyl (C=O) groups is 2. The minimum atomic E-state index is -4.68. The molecule has 38 heavy (non-hydrogen) atoms. The van der Waals surface area contributed by atoms with Crippen LogP contribution in [0.25, 0.3) is 0 Å². The molecule has 4 fully saturated rings. The number of aliphatic hydroxyl groups excluding tert-OH is 1. The third-order valence-electron chi connectivity index (χ3n) is 8.23. The molecule has 1 heterocycles. The van der Waals surface area contributed by atoms with Crippen molar-refractivity contribution in [2.24, 2.45) is 0 Å². The summed E-state index contributed by atoms with van der Waals surface area (Å²) in [5.41, 5.74) is -0.624. The standard InChI is InChI=1S/C25H31ClF3N3O6/c1-32-12-19(37-18-3-2-14(26)8-17(18)32)22(35)31-24-6-4-23(5-7-24,11-20(24)33)30-21(34)13-36-15-9-16(10-15)38-25(27,28)29/h2-3,8,15-16,19-20,33H,4-7,9-13H2,1H3,(H,30,34)(H,31,35)/t15-,16+,19?,20-,23?,24?/m0/s1. The van der Waals surface area contributed by atoms with E-state index >= 15 is 0 Å². The molecule has 0 spiro atoms. The zero-order valence-electron chi connectivity index (χ0n) is 20.9. The Hall–Kier alpha value is -2.28. The van der Waals surface area contributed by atoms with Crippen LogP contribution in [0.4, 0.5) is 18.9 Å². The molecular formula is C25H31ClF3N3O6. The Kier molecular flexibility index (Phi) is 7.21. The van der Waals surface area contributed by atoms with Crippen molar-refractivity contribution in [2.45, 2.75) is 86.8 Å². The number of hydrogen-bond donors (Lipinski definition) is 3. The van der Waals surface area contributed by atoms with Gasteiger partial charge in [-0.25, -0.2) is 0 Å². The Morgan fingerprint density at radius 1 is 1.18 bits per heavy atom. The van der Waals surface area contributed by atoms with Gasteiger partial charge in [-0.2, -0.15) is 0 Å². The highest BCUT2D eigenvalue weighted by Crippen LogP contribution is 2.47. The maximum atomic E-state index is 13.2. The molecule has 210 valence electrons. The fraction of sp³-hybridized carbons (Fsp3) is 0.680. The highest BCUT2D eigenvalue weighted by Gasteiger charge is 2.56. The summed E-state index contributed by atoms with van der Waals surface area (Å²) in [4.78, 5) is 27.6. The number of rotatable bonds is 7. The number of hydrogen-bond acceptors (Lipinski definition) is 7. The van der Waals surface area contributed by atoms with Crippen LogP contribution in [0.5, 0.6) is 5.75 Å². The van der Waals surface area contributed by atoms with Gasteiger partial charge in [-0.1, -0.05) is 11.6 Å². The summed E-state index contributed by atoms with van der Waals surface area (Å²) in [6.45, 7) is 0.0533. The lowest BCUT2D eigenvalue weighted by Gasteiger charge is -2.56. The van der Waals surface area contributed by atoms with E-state index in [4.69, 9.17) is 21.1 Å². The minimum Gasteiger partial charge on any atom is -0.477 e. The summed E-state index contributed by atoms with van der Waals surface area (Å²) < 4.78 is 52.0. The molecule has 1 aliphatic heterocycles. The Balaban J connectivity index is 1.10. The second kappa shape index (κ2) is 10.0. The van der Waals surface area contributed by atoms with Crippen molar-refractivity contribution in [3.05, 3.63) is 23.2 Å². The van der Waals surface area contributed by atoms with Crippen molar-refractivity contribution >= 4 is 29.1 Å². The second-order valence-electron chi connectivity index (χ2n) is 10.9. The highest BCUT2D eigenvalue weighted by molar-refractivity contribution is 6.31. The Labute approximate surface area is 222 Å². The number of amides is 2. The van der Waals surface area contributed by atoms with E-state index in [0.717, 1.165) is 5.69 Å². The van der Waals surface area contributed by atoms with Crippen molar-refractivity contribution in [3.8, 4) is 5.75 Å². The van der Waals surface area contributed by atoms with E-state index in [9.17, 15) is 27.9 Å². The van der Waals surface area contributed by atoms with Crippen LogP contribution in [0.15, 0.2) is 18.2 Å². The number of alkyl halides is 3. The monoisotopic (exact) mass is 561 g/mol. The molecule has 0 aromatic heterocycles. The quantitative estimate of drug-likeness (QED) is 0.470. The first-order valence-electron chi connectivity index (χ1n) is 12.7. The Morgan fingerprint density at radius 2 is 1.89 bits per heavy atom. The predicted octanol–water partition coefficient (Wildman–Crippen LogP) is 2.67. The molecule has 2 bridgehead atoms. The van der Waals surface area contributed by atoms with E-state index in [0.29, 0.717) is 43.0 Å². The first kappa shape index (κ1) is 27.3. The number of nitrogens with one attached hydrogen (secondary N) is 2. The first-order chi connectivity index (χ1) is 17.9. The normalized spacial score (nSPS) is 34.1. The molecule has 4 aliphatic carbocycles. The van der Waals surface area contributed by atoms with Crippen LogP contribution in [0.3, 0.4) is 0 Å². The summed E-state index contributed by atoms with van der Waals surface area (Å²) in [6, 6.07) is 5.20. The third kappa shape index (κ3) is 5.68.